The molecule has 0 fully saturated rings. The lowest BCUT2D eigenvalue weighted by atomic mass is 10.1. The molecular weight excluding hydrogens is 462 g/mol. The number of carbonyl (C=O) groups is 1. The molecular formula is C27H19N3O4S. The number of pyridine rings is 1. The van der Waals surface area contributed by atoms with Gasteiger partial charge in [-0.25, -0.2) is 4.98 Å². The Bertz CT molecular complexity index is 1460. The monoisotopic (exact) mass is 481 g/mol. The Hall–Kier alpha value is -4.43. The van der Waals surface area contributed by atoms with Crippen molar-refractivity contribution in [1.29, 1.82) is 0 Å². The topological polar surface area (TPSA) is 73.8 Å². The van der Waals surface area contributed by atoms with Crippen molar-refractivity contribution in [2.24, 2.45) is 0 Å². The van der Waals surface area contributed by atoms with Crippen LogP contribution in [-0.4, -0.2) is 22.7 Å². The molecule has 6 rings (SSSR count). The predicted molar refractivity (Wildman–Crippen MR) is 133 cm³/mol. The van der Waals surface area contributed by atoms with Crippen LogP contribution in [0.5, 0.6) is 23.0 Å². The molecule has 0 saturated carbocycles. The Morgan fingerprint density at radius 2 is 1.77 bits per heavy atom. The zero-order valence-electron chi connectivity index (χ0n) is 18.5. The van der Waals surface area contributed by atoms with E-state index in [1.54, 1.807) is 29.4 Å². The molecule has 1 aliphatic rings. The number of hydrogen-bond donors (Lipinski definition) is 0. The predicted octanol–water partition coefficient (Wildman–Crippen LogP) is 6.06. The zero-order valence-corrected chi connectivity index (χ0v) is 19.3. The summed E-state index contributed by atoms with van der Waals surface area (Å²) < 4.78 is 17.9. The fourth-order valence-corrected chi connectivity index (χ4v) is 4.77. The highest BCUT2D eigenvalue weighted by molar-refractivity contribution is 7.22. The van der Waals surface area contributed by atoms with Crippen LogP contribution in [0.2, 0.25) is 0 Å². The molecule has 0 radical (unpaired) electrons. The van der Waals surface area contributed by atoms with E-state index in [2.05, 4.69) is 4.98 Å². The summed E-state index contributed by atoms with van der Waals surface area (Å²) in [6, 6.07) is 24.2. The van der Waals surface area contributed by atoms with Crippen LogP contribution in [-0.2, 0) is 6.54 Å². The van der Waals surface area contributed by atoms with E-state index in [1.807, 2.05) is 66.7 Å². The Kier molecular flexibility index (Phi) is 5.48. The maximum absolute atomic E-state index is 13.8. The van der Waals surface area contributed by atoms with Crippen molar-refractivity contribution in [3.05, 3.63) is 102 Å². The van der Waals surface area contributed by atoms with Crippen LogP contribution in [0.4, 0.5) is 5.13 Å². The van der Waals surface area contributed by atoms with E-state index in [1.165, 1.54) is 11.3 Å². The van der Waals surface area contributed by atoms with Crippen LogP contribution in [0.3, 0.4) is 0 Å². The van der Waals surface area contributed by atoms with Gasteiger partial charge in [0.25, 0.3) is 5.91 Å². The van der Waals surface area contributed by atoms with E-state index in [0.29, 0.717) is 40.2 Å². The third-order valence-corrected chi connectivity index (χ3v) is 6.51. The summed E-state index contributed by atoms with van der Waals surface area (Å²) in [5, 5.41) is 0.576. The number of nitrogens with zero attached hydrogens (tertiary/aromatic N) is 3. The van der Waals surface area contributed by atoms with Gasteiger partial charge < -0.3 is 14.2 Å². The van der Waals surface area contributed by atoms with Crippen molar-refractivity contribution in [3.63, 3.8) is 0 Å². The van der Waals surface area contributed by atoms with Gasteiger partial charge in [-0.1, -0.05) is 41.7 Å². The van der Waals surface area contributed by atoms with Gasteiger partial charge in [0.1, 0.15) is 11.5 Å². The van der Waals surface area contributed by atoms with E-state index in [-0.39, 0.29) is 12.7 Å². The summed E-state index contributed by atoms with van der Waals surface area (Å²) >= 11 is 1.43. The molecule has 0 atom stereocenters. The van der Waals surface area contributed by atoms with Crippen molar-refractivity contribution in [2.75, 3.05) is 11.7 Å². The summed E-state index contributed by atoms with van der Waals surface area (Å²) in [6.07, 6.45) is 3.46. The second-order valence-corrected chi connectivity index (χ2v) is 8.87. The summed E-state index contributed by atoms with van der Waals surface area (Å²) in [6.45, 7) is 0.523. The highest BCUT2D eigenvalue weighted by atomic mass is 32.1. The highest BCUT2D eigenvalue weighted by Gasteiger charge is 2.24. The minimum Gasteiger partial charge on any atom is -0.457 e. The third kappa shape index (κ3) is 4.39. The molecule has 0 N–H and O–H groups in total. The lowest BCUT2D eigenvalue weighted by Crippen LogP contribution is -2.30. The van der Waals surface area contributed by atoms with Crippen molar-refractivity contribution in [2.45, 2.75) is 6.54 Å². The fraction of sp³-hybridized carbons (Fsp3) is 0.0741. The molecule has 5 aromatic rings. The first-order chi connectivity index (χ1) is 17.2. The van der Waals surface area contributed by atoms with Gasteiger partial charge in [0.15, 0.2) is 16.6 Å². The average Bonchev–Trinajstić information content (AvgIpc) is 3.52. The quantitative estimate of drug-likeness (QED) is 0.294. The number of ether oxygens (including phenoxy) is 3. The summed E-state index contributed by atoms with van der Waals surface area (Å²) in [7, 11) is 0. The van der Waals surface area contributed by atoms with E-state index in [0.717, 1.165) is 15.8 Å². The molecule has 0 bridgehead atoms. The van der Waals surface area contributed by atoms with E-state index in [4.69, 9.17) is 19.2 Å². The Labute approximate surface area is 205 Å². The lowest BCUT2D eigenvalue weighted by molar-refractivity contribution is 0.0985. The summed E-state index contributed by atoms with van der Waals surface area (Å²) in [5.41, 5.74) is 2.14. The number of amides is 1. The Balaban J connectivity index is 1.36. The number of thiazole rings is 1. The number of hydrogen-bond acceptors (Lipinski definition) is 7. The summed E-state index contributed by atoms with van der Waals surface area (Å²) in [4.78, 5) is 24.4. The first-order valence-corrected chi connectivity index (χ1v) is 11.8. The van der Waals surface area contributed by atoms with Gasteiger partial charge in [-0.2, -0.15) is 0 Å². The highest BCUT2D eigenvalue weighted by Crippen LogP contribution is 2.40. The molecule has 0 spiro atoms. The SMILES string of the molecule is O=C(c1cccc(Oc2ccccc2)c1)N(Cc1cccnc1)c1nc2cc3c(cc2s1)OCO3. The molecule has 0 aliphatic carbocycles. The molecule has 0 saturated heterocycles. The zero-order chi connectivity index (χ0) is 23.6. The second kappa shape index (κ2) is 9.08. The van der Waals surface area contributed by atoms with Crippen LogP contribution in [0.25, 0.3) is 10.2 Å². The standard InChI is InChI=1S/C27H19N3O4S/c31-26(19-7-4-10-21(12-19)34-20-8-2-1-3-9-20)30(16-18-6-5-11-28-15-18)27-29-22-13-23-24(33-17-32-23)14-25(22)35-27/h1-15H,16-17H2. The number of aromatic nitrogens is 2. The first-order valence-electron chi connectivity index (χ1n) is 11.0. The number of fused-ring (bicyclic) bond motifs is 2. The fourth-order valence-electron chi connectivity index (χ4n) is 3.79. The van der Waals surface area contributed by atoms with Crippen molar-refractivity contribution in [3.8, 4) is 23.0 Å². The third-order valence-electron chi connectivity index (χ3n) is 5.47. The van der Waals surface area contributed by atoms with Crippen LogP contribution in [0, 0.1) is 0 Å². The van der Waals surface area contributed by atoms with Crippen LogP contribution in [0.1, 0.15) is 15.9 Å². The molecule has 1 aliphatic heterocycles. The van der Waals surface area contributed by atoms with Crippen molar-refractivity contribution < 1.29 is 19.0 Å². The van der Waals surface area contributed by atoms with E-state index < -0.39 is 0 Å². The van der Waals surface area contributed by atoms with Crippen LogP contribution in [0.15, 0.2) is 91.3 Å². The van der Waals surface area contributed by atoms with Crippen molar-refractivity contribution >= 4 is 32.6 Å². The number of anilines is 1. The van der Waals surface area contributed by atoms with Gasteiger partial charge >= 0.3 is 0 Å². The second-order valence-electron chi connectivity index (χ2n) is 7.87. The van der Waals surface area contributed by atoms with E-state index in [9.17, 15) is 4.79 Å². The average molecular weight is 482 g/mol. The molecule has 8 heteroatoms. The molecule has 3 aromatic carbocycles. The Morgan fingerprint density at radius 3 is 2.60 bits per heavy atom. The van der Waals surface area contributed by atoms with Gasteiger partial charge in [-0.05, 0) is 42.0 Å². The maximum atomic E-state index is 13.8. The molecule has 172 valence electrons. The van der Waals surface area contributed by atoms with Gasteiger partial charge in [0.2, 0.25) is 6.79 Å². The molecule has 7 nitrogen and oxygen atoms in total. The van der Waals surface area contributed by atoms with Gasteiger partial charge in [0.05, 0.1) is 16.8 Å². The smallest absolute Gasteiger partial charge is 0.260 e. The van der Waals surface area contributed by atoms with E-state index >= 15 is 0 Å². The van der Waals surface area contributed by atoms with Crippen LogP contribution >= 0.6 is 11.3 Å². The molecule has 1 amide bonds. The number of para-hydroxylation sites is 1. The molecule has 0 unspecified atom stereocenters. The number of benzene rings is 3. The molecule has 35 heavy (non-hydrogen) atoms. The first kappa shape index (κ1) is 21.1. The number of carbonyl (C=O) groups excluding carboxylic acids is 1. The van der Waals surface area contributed by atoms with Crippen LogP contribution < -0.4 is 19.1 Å². The van der Waals surface area contributed by atoms with Gasteiger partial charge in [-0.15, -0.1) is 0 Å². The van der Waals surface area contributed by atoms with Gasteiger partial charge in [0, 0.05) is 30.1 Å². The molecule has 2 aromatic heterocycles. The van der Waals surface area contributed by atoms with Gasteiger partial charge in [-0.3, -0.25) is 14.7 Å². The largest absolute Gasteiger partial charge is 0.457 e. The minimum absolute atomic E-state index is 0.188. The minimum atomic E-state index is -0.188. The normalized spacial score (nSPS) is 12.0. The summed E-state index contributed by atoms with van der Waals surface area (Å²) in [5.74, 6) is 2.44. The lowest BCUT2D eigenvalue weighted by Gasteiger charge is -2.20. The maximum Gasteiger partial charge on any atom is 0.260 e. The van der Waals surface area contributed by atoms with Crippen molar-refractivity contribution in [1.82, 2.24) is 9.97 Å². The number of rotatable bonds is 6. The Morgan fingerprint density at radius 1 is 0.943 bits per heavy atom. The molecule has 3 heterocycles.